The van der Waals surface area contributed by atoms with Gasteiger partial charge in [0.15, 0.2) is 16.4 Å². The van der Waals surface area contributed by atoms with Crippen LogP contribution in [0.5, 0.6) is 5.75 Å². The third kappa shape index (κ3) is 4.88. The molecule has 2 aromatic rings. The monoisotopic (exact) mass is 433 g/mol. The molecule has 0 unspecified atom stereocenters. The van der Waals surface area contributed by atoms with Crippen molar-refractivity contribution in [2.45, 2.75) is 11.8 Å². The van der Waals surface area contributed by atoms with Gasteiger partial charge in [-0.3, -0.25) is 14.9 Å². The van der Waals surface area contributed by atoms with Gasteiger partial charge in [0, 0.05) is 38.5 Å². The quantitative estimate of drug-likeness (QED) is 0.506. The van der Waals surface area contributed by atoms with Gasteiger partial charge in [-0.1, -0.05) is 18.2 Å². The van der Waals surface area contributed by atoms with E-state index in [0.717, 1.165) is 17.9 Å². The lowest BCUT2D eigenvalue weighted by atomic mass is 10.2. The van der Waals surface area contributed by atoms with Crippen molar-refractivity contribution in [3.63, 3.8) is 0 Å². The van der Waals surface area contributed by atoms with Gasteiger partial charge in [0.25, 0.3) is 11.6 Å². The van der Waals surface area contributed by atoms with Crippen LogP contribution in [0.15, 0.2) is 47.4 Å². The minimum absolute atomic E-state index is 0.0753. The first kappa shape index (κ1) is 21.6. The largest absolute Gasteiger partial charge is 0.484 e. The van der Waals surface area contributed by atoms with Crippen LogP contribution in [0.4, 0.5) is 11.4 Å². The molecule has 0 N–H and O–H groups in total. The van der Waals surface area contributed by atoms with Crippen LogP contribution in [0, 0.1) is 17.0 Å². The average molecular weight is 433 g/mol. The number of carbonyl (C=O) groups is 1. The van der Waals surface area contributed by atoms with E-state index in [0.29, 0.717) is 37.6 Å². The molecule has 0 bridgehead atoms. The standard InChI is InChI=1S/C20H23N3O6S/c1-15-5-3-4-6-19(15)29-14-20(24)22-11-9-21(10-12-22)17-8-7-16(30(2,27)28)13-18(17)23(25)26/h3-8,13H,9-12,14H2,1-2H3. The van der Waals surface area contributed by atoms with Crippen LogP contribution in [0.1, 0.15) is 5.56 Å². The highest BCUT2D eigenvalue weighted by molar-refractivity contribution is 7.90. The highest BCUT2D eigenvalue weighted by Gasteiger charge is 2.27. The van der Waals surface area contributed by atoms with E-state index >= 15 is 0 Å². The highest BCUT2D eigenvalue weighted by atomic mass is 32.2. The molecule has 0 aliphatic carbocycles. The van der Waals surface area contributed by atoms with Crippen molar-refractivity contribution in [2.24, 2.45) is 0 Å². The first-order valence-corrected chi connectivity index (χ1v) is 11.3. The summed E-state index contributed by atoms with van der Waals surface area (Å²) >= 11 is 0. The zero-order valence-corrected chi connectivity index (χ0v) is 17.6. The van der Waals surface area contributed by atoms with Crippen LogP contribution < -0.4 is 9.64 Å². The molecule has 9 nitrogen and oxygen atoms in total. The number of nitrogens with zero attached hydrogens (tertiary/aromatic N) is 3. The SMILES string of the molecule is Cc1ccccc1OCC(=O)N1CCN(c2ccc(S(C)(=O)=O)cc2[N+](=O)[O-])CC1. The lowest BCUT2D eigenvalue weighted by molar-refractivity contribution is -0.384. The fourth-order valence-corrected chi connectivity index (χ4v) is 3.93. The molecule has 1 saturated heterocycles. The molecule has 10 heteroatoms. The number of nitro benzene ring substituents is 1. The Morgan fingerprint density at radius 2 is 1.80 bits per heavy atom. The van der Waals surface area contributed by atoms with Crippen molar-refractivity contribution in [2.75, 3.05) is 43.9 Å². The number of amides is 1. The number of carbonyl (C=O) groups excluding carboxylic acids is 1. The summed E-state index contributed by atoms with van der Waals surface area (Å²) < 4.78 is 29.0. The van der Waals surface area contributed by atoms with Gasteiger partial charge in [0.2, 0.25) is 0 Å². The second kappa shape index (κ2) is 8.70. The maximum atomic E-state index is 12.5. The number of piperazine rings is 1. The van der Waals surface area contributed by atoms with Crippen LogP contribution >= 0.6 is 0 Å². The van der Waals surface area contributed by atoms with Gasteiger partial charge in [0.05, 0.1) is 9.82 Å². The summed E-state index contributed by atoms with van der Waals surface area (Å²) in [4.78, 5) is 26.7. The molecule has 2 aromatic carbocycles. The fourth-order valence-electron chi connectivity index (χ4n) is 3.29. The van der Waals surface area contributed by atoms with E-state index in [-0.39, 0.29) is 23.1 Å². The summed E-state index contributed by atoms with van der Waals surface area (Å²) in [5.74, 6) is 0.505. The summed E-state index contributed by atoms with van der Waals surface area (Å²) in [5.41, 5.74) is 1.02. The Morgan fingerprint density at radius 1 is 1.13 bits per heavy atom. The molecule has 1 aliphatic heterocycles. The van der Waals surface area contributed by atoms with Gasteiger partial charge in [-0.2, -0.15) is 0 Å². The number of ether oxygens (including phenoxy) is 1. The second-order valence-electron chi connectivity index (χ2n) is 7.10. The minimum atomic E-state index is -3.55. The van der Waals surface area contributed by atoms with Crippen molar-refractivity contribution in [1.82, 2.24) is 4.90 Å². The molecule has 1 fully saturated rings. The molecule has 0 spiro atoms. The second-order valence-corrected chi connectivity index (χ2v) is 9.12. The Hall–Kier alpha value is -3.14. The van der Waals surface area contributed by atoms with Crippen LogP contribution in [0.3, 0.4) is 0 Å². The summed E-state index contributed by atoms with van der Waals surface area (Å²) in [7, 11) is -3.55. The normalized spacial score (nSPS) is 14.5. The van der Waals surface area contributed by atoms with E-state index in [1.807, 2.05) is 25.1 Å². The predicted octanol–water partition coefficient (Wildman–Crippen LogP) is 2.03. The zero-order valence-electron chi connectivity index (χ0n) is 16.8. The summed E-state index contributed by atoms with van der Waals surface area (Å²) in [6, 6.07) is 11.3. The zero-order chi connectivity index (χ0) is 21.9. The van der Waals surface area contributed by atoms with Crippen LogP contribution in [0.2, 0.25) is 0 Å². The molecule has 160 valence electrons. The van der Waals surface area contributed by atoms with Gasteiger partial charge in [0.1, 0.15) is 11.4 Å². The summed E-state index contributed by atoms with van der Waals surface area (Å²) in [6.07, 6.45) is 1.01. The number of anilines is 1. The van der Waals surface area contributed by atoms with Crippen LogP contribution in [-0.2, 0) is 14.6 Å². The Balaban J connectivity index is 1.64. The Morgan fingerprint density at radius 3 is 2.40 bits per heavy atom. The molecule has 0 radical (unpaired) electrons. The van der Waals surface area contributed by atoms with Crippen molar-refractivity contribution >= 4 is 27.1 Å². The number of para-hydroxylation sites is 1. The smallest absolute Gasteiger partial charge is 0.293 e. The van der Waals surface area contributed by atoms with E-state index in [1.165, 1.54) is 12.1 Å². The number of hydrogen-bond donors (Lipinski definition) is 0. The van der Waals surface area contributed by atoms with E-state index in [4.69, 9.17) is 4.74 Å². The minimum Gasteiger partial charge on any atom is -0.484 e. The first-order valence-electron chi connectivity index (χ1n) is 9.36. The fraction of sp³-hybridized carbons (Fsp3) is 0.350. The molecule has 1 amide bonds. The Kier molecular flexibility index (Phi) is 6.25. The predicted molar refractivity (Wildman–Crippen MR) is 112 cm³/mol. The molecule has 0 atom stereocenters. The van der Waals surface area contributed by atoms with Crippen LogP contribution in [0.25, 0.3) is 0 Å². The Bertz CT molecular complexity index is 1060. The third-order valence-electron chi connectivity index (χ3n) is 4.99. The lowest BCUT2D eigenvalue weighted by Gasteiger charge is -2.35. The molecular formula is C20H23N3O6S. The average Bonchev–Trinajstić information content (AvgIpc) is 2.72. The number of nitro groups is 1. The summed E-state index contributed by atoms with van der Waals surface area (Å²) in [5, 5.41) is 11.5. The summed E-state index contributed by atoms with van der Waals surface area (Å²) in [6.45, 7) is 3.40. The van der Waals surface area contributed by atoms with Crippen LogP contribution in [-0.4, -0.2) is 63.2 Å². The maximum absolute atomic E-state index is 12.5. The van der Waals surface area contributed by atoms with Gasteiger partial charge in [-0.15, -0.1) is 0 Å². The van der Waals surface area contributed by atoms with Gasteiger partial charge in [-0.05, 0) is 30.7 Å². The van der Waals surface area contributed by atoms with Crippen molar-refractivity contribution in [3.05, 3.63) is 58.1 Å². The van der Waals surface area contributed by atoms with Crippen molar-refractivity contribution < 1.29 is 22.9 Å². The highest BCUT2D eigenvalue weighted by Crippen LogP contribution is 2.31. The van der Waals surface area contributed by atoms with Crippen molar-refractivity contribution in [1.29, 1.82) is 0 Å². The van der Waals surface area contributed by atoms with E-state index in [1.54, 1.807) is 15.9 Å². The molecule has 30 heavy (non-hydrogen) atoms. The van der Waals surface area contributed by atoms with Crippen molar-refractivity contribution in [3.8, 4) is 5.75 Å². The maximum Gasteiger partial charge on any atom is 0.293 e. The number of benzene rings is 2. The topological polar surface area (TPSA) is 110 Å². The van der Waals surface area contributed by atoms with Gasteiger partial charge in [-0.25, -0.2) is 8.42 Å². The molecule has 1 aliphatic rings. The lowest BCUT2D eigenvalue weighted by Crippen LogP contribution is -2.50. The molecule has 1 heterocycles. The number of rotatable bonds is 6. The first-order chi connectivity index (χ1) is 14.2. The molecular weight excluding hydrogens is 410 g/mol. The third-order valence-corrected chi connectivity index (χ3v) is 6.10. The van der Waals surface area contributed by atoms with Gasteiger partial charge < -0.3 is 14.5 Å². The number of hydrogen-bond acceptors (Lipinski definition) is 7. The molecule has 0 saturated carbocycles. The number of aryl methyl sites for hydroxylation is 1. The van der Waals surface area contributed by atoms with E-state index in [9.17, 15) is 23.3 Å². The van der Waals surface area contributed by atoms with E-state index < -0.39 is 14.8 Å². The van der Waals surface area contributed by atoms with Gasteiger partial charge >= 0.3 is 0 Å². The molecule has 0 aromatic heterocycles. The number of sulfone groups is 1. The van der Waals surface area contributed by atoms with E-state index in [2.05, 4.69) is 0 Å². The molecule has 3 rings (SSSR count). The Labute approximate surface area is 174 Å².